The Morgan fingerprint density at radius 3 is 2.68 bits per heavy atom. The van der Waals surface area contributed by atoms with Crippen molar-refractivity contribution in [2.24, 2.45) is 5.73 Å². The van der Waals surface area contributed by atoms with E-state index in [-0.39, 0.29) is 5.43 Å². The predicted octanol–water partition coefficient (Wildman–Crippen LogP) is 3.34. The van der Waals surface area contributed by atoms with Crippen LogP contribution in [0.2, 0.25) is 0 Å². The van der Waals surface area contributed by atoms with Crippen molar-refractivity contribution >= 4 is 43.1 Å². The van der Waals surface area contributed by atoms with Gasteiger partial charge in [-0.05, 0) is 42.8 Å². The number of fused-ring (bicyclic) bond motifs is 2. The van der Waals surface area contributed by atoms with Gasteiger partial charge in [-0.15, -0.1) is 11.3 Å². The molecule has 0 spiro atoms. The molecule has 0 atom stereocenters. The van der Waals surface area contributed by atoms with Crippen LogP contribution in [0.25, 0.3) is 20.2 Å². The lowest BCUT2D eigenvalue weighted by Gasteiger charge is -2.07. The Kier molecular flexibility index (Phi) is 3.81. The summed E-state index contributed by atoms with van der Waals surface area (Å²) < 4.78 is 1.68. The molecule has 3 N–H and O–H groups in total. The summed E-state index contributed by atoms with van der Waals surface area (Å²) in [5, 5.41) is 4.61. The van der Waals surface area contributed by atoms with Crippen molar-refractivity contribution in [1.82, 2.24) is 0 Å². The quantitative estimate of drug-likeness (QED) is 0.726. The number of primary amides is 1. The number of hydrogen-bond acceptors (Lipinski definition) is 4. The molecule has 3 aromatic rings. The van der Waals surface area contributed by atoms with E-state index in [1.165, 1.54) is 11.3 Å². The summed E-state index contributed by atoms with van der Waals surface area (Å²) in [6.07, 6.45) is 1.03. The number of carbonyl (C=O) groups is 1. The summed E-state index contributed by atoms with van der Waals surface area (Å²) >= 11 is 1.49. The molecule has 0 unspecified atom stereocenters. The van der Waals surface area contributed by atoms with Crippen LogP contribution in [-0.4, -0.2) is 12.5 Å². The third-order valence-electron chi connectivity index (χ3n) is 3.53. The third-order valence-corrected chi connectivity index (χ3v) is 4.67. The second-order valence-electron chi connectivity index (χ2n) is 5.14. The summed E-state index contributed by atoms with van der Waals surface area (Å²) in [4.78, 5) is 23.9. The molecule has 5 heteroatoms. The van der Waals surface area contributed by atoms with Crippen LogP contribution in [0.15, 0.2) is 41.2 Å². The Morgan fingerprint density at radius 2 is 1.95 bits per heavy atom. The van der Waals surface area contributed by atoms with Gasteiger partial charge in [-0.3, -0.25) is 9.59 Å². The van der Waals surface area contributed by atoms with Crippen LogP contribution in [0.5, 0.6) is 0 Å². The molecule has 0 aliphatic carbocycles. The van der Waals surface area contributed by atoms with Gasteiger partial charge in [0, 0.05) is 38.0 Å². The fourth-order valence-corrected chi connectivity index (χ4v) is 3.48. The van der Waals surface area contributed by atoms with Gasteiger partial charge in [-0.2, -0.15) is 0 Å². The Labute approximate surface area is 131 Å². The number of anilines is 1. The van der Waals surface area contributed by atoms with Gasteiger partial charge in [0.15, 0.2) is 5.43 Å². The fraction of sp³-hybridized carbons (Fsp3) is 0.176. The molecule has 1 aromatic heterocycles. The Bertz CT molecular complexity index is 931. The van der Waals surface area contributed by atoms with Gasteiger partial charge >= 0.3 is 0 Å². The molecule has 1 amide bonds. The van der Waals surface area contributed by atoms with E-state index in [0.29, 0.717) is 16.3 Å². The molecule has 0 fully saturated rings. The fourth-order valence-electron chi connectivity index (χ4n) is 2.39. The lowest BCUT2D eigenvalue weighted by atomic mass is 10.1. The van der Waals surface area contributed by atoms with E-state index in [1.54, 1.807) is 18.2 Å². The standard InChI is InChI=1S/C17H16N2O2S/c1-2-7-19-11-4-6-14-13(9-11)16(20)12-5-3-10(17(18)21)8-15(12)22-14/h3-6,8-9,19H,2,7H2,1H3,(H2,18,21). The lowest BCUT2D eigenvalue weighted by Crippen LogP contribution is -2.11. The minimum Gasteiger partial charge on any atom is -0.385 e. The van der Waals surface area contributed by atoms with Crippen LogP contribution in [0.1, 0.15) is 23.7 Å². The Balaban J connectivity index is 2.22. The van der Waals surface area contributed by atoms with Crippen LogP contribution < -0.4 is 16.5 Å². The van der Waals surface area contributed by atoms with Crippen molar-refractivity contribution in [1.29, 1.82) is 0 Å². The average molecular weight is 312 g/mol. The van der Waals surface area contributed by atoms with Crippen LogP contribution in [-0.2, 0) is 0 Å². The average Bonchev–Trinajstić information content (AvgIpc) is 2.52. The first-order chi connectivity index (χ1) is 10.6. The molecule has 0 radical (unpaired) electrons. The molecule has 1 heterocycles. The highest BCUT2D eigenvalue weighted by atomic mass is 32.1. The number of hydrogen-bond donors (Lipinski definition) is 2. The first-order valence-corrected chi connectivity index (χ1v) is 7.96. The molecule has 22 heavy (non-hydrogen) atoms. The molecule has 0 aliphatic rings. The minimum absolute atomic E-state index is 0.0140. The lowest BCUT2D eigenvalue weighted by molar-refractivity contribution is 0.100. The maximum Gasteiger partial charge on any atom is 0.248 e. The molecule has 2 aromatic carbocycles. The topological polar surface area (TPSA) is 72.2 Å². The summed E-state index contributed by atoms with van der Waals surface area (Å²) in [7, 11) is 0. The smallest absolute Gasteiger partial charge is 0.248 e. The van der Waals surface area contributed by atoms with E-state index < -0.39 is 5.91 Å². The van der Waals surface area contributed by atoms with E-state index >= 15 is 0 Å². The van der Waals surface area contributed by atoms with Crippen LogP contribution in [0.4, 0.5) is 5.69 Å². The number of carbonyl (C=O) groups excluding carboxylic acids is 1. The maximum absolute atomic E-state index is 12.7. The normalized spacial score (nSPS) is 11.0. The predicted molar refractivity (Wildman–Crippen MR) is 92.9 cm³/mol. The number of nitrogens with one attached hydrogen (secondary N) is 1. The Hall–Kier alpha value is -2.40. The first-order valence-electron chi connectivity index (χ1n) is 7.14. The number of amides is 1. The highest BCUT2D eigenvalue weighted by molar-refractivity contribution is 7.24. The van der Waals surface area contributed by atoms with E-state index in [0.717, 1.165) is 28.1 Å². The number of benzene rings is 2. The van der Waals surface area contributed by atoms with Gasteiger partial charge in [0.1, 0.15) is 0 Å². The second kappa shape index (κ2) is 5.77. The number of nitrogens with two attached hydrogens (primary N) is 1. The van der Waals surface area contributed by atoms with E-state index in [2.05, 4.69) is 12.2 Å². The molecule has 4 nitrogen and oxygen atoms in total. The zero-order chi connectivity index (χ0) is 15.7. The van der Waals surface area contributed by atoms with Crippen LogP contribution >= 0.6 is 11.3 Å². The molecular weight excluding hydrogens is 296 g/mol. The molecule has 0 saturated heterocycles. The zero-order valence-electron chi connectivity index (χ0n) is 12.2. The molecule has 0 saturated carbocycles. The van der Waals surface area contributed by atoms with E-state index in [9.17, 15) is 9.59 Å². The van der Waals surface area contributed by atoms with Crippen molar-refractivity contribution in [3.63, 3.8) is 0 Å². The number of rotatable bonds is 4. The molecular formula is C17H16N2O2S. The van der Waals surface area contributed by atoms with Gasteiger partial charge in [0.05, 0.1) is 0 Å². The van der Waals surface area contributed by atoms with Gasteiger partial charge in [-0.1, -0.05) is 6.92 Å². The second-order valence-corrected chi connectivity index (χ2v) is 6.23. The maximum atomic E-state index is 12.7. The van der Waals surface area contributed by atoms with Gasteiger partial charge < -0.3 is 11.1 Å². The van der Waals surface area contributed by atoms with Crippen molar-refractivity contribution in [2.75, 3.05) is 11.9 Å². The SMILES string of the molecule is CCCNc1ccc2sc3cc(C(N)=O)ccc3c(=O)c2c1. The highest BCUT2D eigenvalue weighted by Gasteiger charge is 2.09. The Morgan fingerprint density at radius 1 is 1.14 bits per heavy atom. The van der Waals surface area contributed by atoms with E-state index in [4.69, 9.17) is 5.73 Å². The van der Waals surface area contributed by atoms with Crippen molar-refractivity contribution in [3.05, 3.63) is 52.2 Å². The van der Waals surface area contributed by atoms with Crippen LogP contribution in [0, 0.1) is 0 Å². The van der Waals surface area contributed by atoms with Crippen LogP contribution in [0.3, 0.4) is 0 Å². The van der Waals surface area contributed by atoms with Crippen molar-refractivity contribution in [2.45, 2.75) is 13.3 Å². The van der Waals surface area contributed by atoms with Gasteiger partial charge in [0.25, 0.3) is 0 Å². The largest absolute Gasteiger partial charge is 0.385 e. The monoisotopic (exact) mass is 312 g/mol. The van der Waals surface area contributed by atoms with Crippen molar-refractivity contribution < 1.29 is 4.79 Å². The zero-order valence-corrected chi connectivity index (χ0v) is 13.0. The molecule has 0 aliphatic heterocycles. The molecule has 112 valence electrons. The molecule has 0 bridgehead atoms. The first kappa shape index (κ1) is 14.5. The summed E-state index contributed by atoms with van der Waals surface area (Å²) in [5.74, 6) is -0.485. The van der Waals surface area contributed by atoms with Gasteiger partial charge in [-0.25, -0.2) is 0 Å². The summed E-state index contributed by atoms with van der Waals surface area (Å²) in [6.45, 7) is 2.97. The van der Waals surface area contributed by atoms with Gasteiger partial charge in [0.2, 0.25) is 5.91 Å². The highest BCUT2D eigenvalue weighted by Crippen LogP contribution is 2.27. The third kappa shape index (κ3) is 2.55. The van der Waals surface area contributed by atoms with Crippen molar-refractivity contribution in [3.8, 4) is 0 Å². The minimum atomic E-state index is -0.485. The molecule has 3 rings (SSSR count). The summed E-state index contributed by atoms with van der Waals surface area (Å²) in [5.41, 5.74) is 6.66. The van der Waals surface area contributed by atoms with E-state index in [1.807, 2.05) is 18.2 Å². The summed E-state index contributed by atoms with van der Waals surface area (Å²) in [6, 6.07) is 10.8.